The van der Waals surface area contributed by atoms with Crippen LogP contribution >= 0.6 is 0 Å². The predicted octanol–water partition coefficient (Wildman–Crippen LogP) is 1.63. The maximum atomic E-state index is 12.2. The van der Waals surface area contributed by atoms with E-state index in [2.05, 4.69) is 5.10 Å². The maximum absolute atomic E-state index is 12.2. The van der Waals surface area contributed by atoms with E-state index >= 15 is 0 Å². The quantitative estimate of drug-likeness (QED) is 0.864. The number of aliphatic hydroxyl groups excluding tert-OH is 1. The molecule has 18 heavy (non-hydrogen) atoms. The highest BCUT2D eigenvalue weighted by Gasteiger charge is 2.11. The fourth-order valence-corrected chi connectivity index (χ4v) is 2.03. The highest BCUT2D eigenvalue weighted by molar-refractivity contribution is 5.40. The van der Waals surface area contributed by atoms with Crippen molar-refractivity contribution in [2.75, 3.05) is 6.61 Å². The zero-order chi connectivity index (χ0) is 13.3. The highest BCUT2D eigenvalue weighted by Crippen LogP contribution is 2.13. The minimum Gasteiger partial charge on any atom is -0.396 e. The van der Waals surface area contributed by atoms with Crippen molar-refractivity contribution in [3.05, 3.63) is 50.9 Å². The van der Waals surface area contributed by atoms with Crippen LogP contribution in [0.2, 0.25) is 0 Å². The summed E-state index contributed by atoms with van der Waals surface area (Å²) in [6, 6.07) is 5.90. The van der Waals surface area contributed by atoms with E-state index < -0.39 is 0 Å². The van der Waals surface area contributed by atoms with Crippen molar-refractivity contribution < 1.29 is 5.11 Å². The Labute approximate surface area is 106 Å². The molecule has 0 unspecified atom stereocenters. The molecule has 2 rings (SSSR count). The van der Waals surface area contributed by atoms with Gasteiger partial charge in [0.1, 0.15) is 0 Å². The highest BCUT2D eigenvalue weighted by atomic mass is 16.3. The maximum Gasteiger partial charge on any atom is 0.274 e. The first kappa shape index (κ1) is 12.6. The first-order valence-corrected chi connectivity index (χ1v) is 6.03. The third-order valence-corrected chi connectivity index (χ3v) is 3.30. The average Bonchev–Trinajstić information content (AvgIpc) is 2.61. The molecule has 96 valence electrons. The summed E-state index contributed by atoms with van der Waals surface area (Å²) < 4.78 is 1.53. The van der Waals surface area contributed by atoms with E-state index in [1.54, 1.807) is 0 Å². The molecule has 0 aliphatic carbocycles. The summed E-state index contributed by atoms with van der Waals surface area (Å²) in [5.41, 5.74) is 4.56. The molecule has 0 spiro atoms. The number of aromatic amines is 1. The van der Waals surface area contributed by atoms with Gasteiger partial charge in [-0.3, -0.25) is 9.89 Å². The van der Waals surface area contributed by atoms with E-state index in [-0.39, 0.29) is 12.2 Å². The number of rotatable bonds is 3. The Balaban J connectivity index is 2.54. The number of nitrogens with one attached hydrogen (secondary N) is 1. The van der Waals surface area contributed by atoms with Gasteiger partial charge in [-0.15, -0.1) is 0 Å². The molecule has 0 amide bonds. The number of hydrogen-bond donors (Lipinski definition) is 2. The van der Waals surface area contributed by atoms with Crippen molar-refractivity contribution in [1.82, 2.24) is 9.78 Å². The number of hydrogen-bond acceptors (Lipinski definition) is 2. The Kier molecular flexibility index (Phi) is 3.39. The molecule has 4 nitrogen and oxygen atoms in total. The van der Waals surface area contributed by atoms with E-state index in [9.17, 15) is 4.79 Å². The number of aryl methyl sites for hydroxylation is 3. The average molecular weight is 246 g/mol. The zero-order valence-electron chi connectivity index (χ0n) is 10.9. The van der Waals surface area contributed by atoms with Crippen molar-refractivity contribution in [3.8, 4) is 5.69 Å². The van der Waals surface area contributed by atoms with Gasteiger partial charge in [0, 0.05) is 24.3 Å². The summed E-state index contributed by atoms with van der Waals surface area (Å²) >= 11 is 0. The molecule has 1 aromatic heterocycles. The molecule has 0 aliphatic rings. The number of nitrogens with zero attached hydrogens (tertiary/aromatic N) is 1. The van der Waals surface area contributed by atoms with Crippen molar-refractivity contribution >= 4 is 0 Å². The topological polar surface area (TPSA) is 58.0 Å². The minimum absolute atomic E-state index is 0.0130. The summed E-state index contributed by atoms with van der Waals surface area (Å²) in [6.45, 7) is 5.90. The molecule has 4 heteroatoms. The number of aliphatic hydroxyl groups is 1. The van der Waals surface area contributed by atoms with Crippen LogP contribution in [0.4, 0.5) is 0 Å². The second-order valence-corrected chi connectivity index (χ2v) is 4.60. The monoisotopic (exact) mass is 246 g/mol. The molecule has 0 saturated carbocycles. The van der Waals surface area contributed by atoms with Crippen LogP contribution in [0.15, 0.2) is 23.0 Å². The van der Waals surface area contributed by atoms with Gasteiger partial charge in [0.2, 0.25) is 0 Å². The Morgan fingerprint density at radius 1 is 1.22 bits per heavy atom. The van der Waals surface area contributed by atoms with Gasteiger partial charge in [-0.1, -0.05) is 6.07 Å². The van der Waals surface area contributed by atoms with E-state index in [0.717, 1.165) is 16.9 Å². The predicted molar refractivity (Wildman–Crippen MR) is 71.4 cm³/mol. The molecule has 0 fully saturated rings. The van der Waals surface area contributed by atoms with Crippen LogP contribution in [0.3, 0.4) is 0 Å². The molecule has 0 radical (unpaired) electrons. The van der Waals surface area contributed by atoms with Gasteiger partial charge in [0.15, 0.2) is 0 Å². The largest absolute Gasteiger partial charge is 0.396 e. The third-order valence-electron chi connectivity index (χ3n) is 3.30. The fourth-order valence-electron chi connectivity index (χ4n) is 2.03. The lowest BCUT2D eigenvalue weighted by atomic mass is 10.1. The number of benzene rings is 1. The van der Waals surface area contributed by atoms with Crippen LogP contribution in [-0.2, 0) is 6.42 Å². The van der Waals surface area contributed by atoms with Crippen molar-refractivity contribution in [2.24, 2.45) is 0 Å². The molecule has 1 aromatic carbocycles. The lowest BCUT2D eigenvalue weighted by molar-refractivity contribution is 0.299. The Morgan fingerprint density at radius 3 is 2.56 bits per heavy atom. The molecule has 0 aliphatic heterocycles. The second kappa shape index (κ2) is 4.82. The summed E-state index contributed by atoms with van der Waals surface area (Å²) in [5, 5.41) is 12.0. The van der Waals surface area contributed by atoms with Crippen molar-refractivity contribution in [3.63, 3.8) is 0 Å². The molecular weight excluding hydrogens is 228 g/mol. The number of H-pyrrole nitrogens is 1. The van der Waals surface area contributed by atoms with Crippen LogP contribution in [0.1, 0.15) is 22.4 Å². The Hall–Kier alpha value is -1.81. The van der Waals surface area contributed by atoms with Gasteiger partial charge in [0.25, 0.3) is 5.56 Å². The molecule has 0 bridgehead atoms. The van der Waals surface area contributed by atoms with Gasteiger partial charge in [-0.2, -0.15) is 0 Å². The molecular formula is C14H18N2O2. The van der Waals surface area contributed by atoms with Gasteiger partial charge in [-0.05, 0) is 44.0 Å². The van der Waals surface area contributed by atoms with E-state index in [0.29, 0.717) is 12.0 Å². The zero-order valence-corrected chi connectivity index (χ0v) is 10.9. The second-order valence-electron chi connectivity index (χ2n) is 4.60. The van der Waals surface area contributed by atoms with Crippen LogP contribution in [0, 0.1) is 20.8 Å². The van der Waals surface area contributed by atoms with Gasteiger partial charge in [0.05, 0.1) is 5.69 Å². The SMILES string of the molecule is Cc1ccc(-n2[nH]c(C)c(CCO)c2=O)cc1C. The first-order valence-electron chi connectivity index (χ1n) is 6.03. The van der Waals surface area contributed by atoms with Gasteiger partial charge >= 0.3 is 0 Å². The molecule has 1 heterocycles. The van der Waals surface area contributed by atoms with E-state index in [1.807, 2.05) is 39.0 Å². The third kappa shape index (κ3) is 2.11. The van der Waals surface area contributed by atoms with Crippen LogP contribution in [-0.4, -0.2) is 21.5 Å². The molecule has 0 saturated heterocycles. The van der Waals surface area contributed by atoms with E-state index in [1.165, 1.54) is 10.2 Å². The summed E-state index contributed by atoms with van der Waals surface area (Å²) in [4.78, 5) is 12.2. The van der Waals surface area contributed by atoms with Crippen molar-refractivity contribution in [2.45, 2.75) is 27.2 Å². The summed E-state index contributed by atoms with van der Waals surface area (Å²) in [7, 11) is 0. The molecule has 0 atom stereocenters. The summed E-state index contributed by atoms with van der Waals surface area (Å²) in [5.74, 6) is 0. The fraction of sp³-hybridized carbons (Fsp3) is 0.357. The minimum atomic E-state index is -0.0789. The normalized spacial score (nSPS) is 10.9. The lowest BCUT2D eigenvalue weighted by Gasteiger charge is -2.05. The van der Waals surface area contributed by atoms with Crippen LogP contribution in [0.25, 0.3) is 5.69 Å². The first-order chi connectivity index (χ1) is 8.54. The smallest absolute Gasteiger partial charge is 0.274 e. The Bertz CT molecular complexity index is 623. The molecule has 2 aromatic rings. The van der Waals surface area contributed by atoms with Crippen molar-refractivity contribution in [1.29, 1.82) is 0 Å². The number of aromatic nitrogens is 2. The standard InChI is InChI=1S/C14H18N2O2/c1-9-4-5-12(8-10(9)2)16-14(18)13(6-7-17)11(3)15-16/h4-5,8,15,17H,6-7H2,1-3H3. The van der Waals surface area contributed by atoms with Crippen LogP contribution in [0.5, 0.6) is 0 Å². The van der Waals surface area contributed by atoms with E-state index in [4.69, 9.17) is 5.11 Å². The summed E-state index contributed by atoms with van der Waals surface area (Å²) in [6.07, 6.45) is 0.388. The van der Waals surface area contributed by atoms with Gasteiger partial charge in [-0.25, -0.2) is 4.68 Å². The molecule has 2 N–H and O–H groups in total. The lowest BCUT2D eigenvalue weighted by Crippen LogP contribution is -2.18. The van der Waals surface area contributed by atoms with Gasteiger partial charge < -0.3 is 5.11 Å². The Morgan fingerprint density at radius 2 is 1.94 bits per heavy atom. The van der Waals surface area contributed by atoms with Crippen LogP contribution < -0.4 is 5.56 Å².